The van der Waals surface area contributed by atoms with E-state index in [2.05, 4.69) is 21.6 Å². The first-order valence-electron chi connectivity index (χ1n) is 4.52. The van der Waals surface area contributed by atoms with Gasteiger partial charge in [-0.05, 0) is 19.8 Å². The number of aromatic nitrogens is 2. The second kappa shape index (κ2) is 5.14. The molecule has 0 amide bonds. The van der Waals surface area contributed by atoms with E-state index in [4.69, 9.17) is 5.73 Å². The zero-order chi connectivity index (χ0) is 9.68. The number of aryl methyl sites for hydroxylation is 1. The van der Waals surface area contributed by atoms with E-state index in [0.717, 1.165) is 30.3 Å². The summed E-state index contributed by atoms with van der Waals surface area (Å²) in [4.78, 5) is 4.19. The molecule has 0 aromatic carbocycles. The number of rotatable bonds is 5. The Balaban J connectivity index is 2.20. The SMILES string of the molecule is CCC(N)CCNc1nc(C)ns1. The van der Waals surface area contributed by atoms with Crippen molar-refractivity contribution in [2.45, 2.75) is 32.7 Å². The fraction of sp³-hybridized carbons (Fsp3) is 0.750. The summed E-state index contributed by atoms with van der Waals surface area (Å²) >= 11 is 1.40. The van der Waals surface area contributed by atoms with Crippen molar-refractivity contribution in [2.24, 2.45) is 5.73 Å². The van der Waals surface area contributed by atoms with Gasteiger partial charge in [0.15, 0.2) is 0 Å². The number of nitrogens with zero attached hydrogens (tertiary/aromatic N) is 2. The van der Waals surface area contributed by atoms with E-state index >= 15 is 0 Å². The zero-order valence-corrected chi connectivity index (χ0v) is 8.90. The van der Waals surface area contributed by atoms with Gasteiger partial charge in [0.05, 0.1) is 0 Å². The van der Waals surface area contributed by atoms with Crippen LogP contribution in [-0.2, 0) is 0 Å². The maximum absolute atomic E-state index is 5.77. The average molecular weight is 200 g/mol. The largest absolute Gasteiger partial charge is 0.360 e. The minimum absolute atomic E-state index is 0.293. The van der Waals surface area contributed by atoms with Crippen molar-refractivity contribution in [3.05, 3.63) is 5.82 Å². The molecule has 0 spiro atoms. The van der Waals surface area contributed by atoms with E-state index in [-0.39, 0.29) is 0 Å². The van der Waals surface area contributed by atoms with Crippen LogP contribution in [-0.4, -0.2) is 21.9 Å². The first kappa shape index (κ1) is 10.4. The Kier molecular flexibility index (Phi) is 4.11. The molecule has 1 aromatic heterocycles. The number of hydrogen-bond acceptors (Lipinski definition) is 5. The van der Waals surface area contributed by atoms with Crippen molar-refractivity contribution in [1.29, 1.82) is 0 Å². The van der Waals surface area contributed by atoms with Gasteiger partial charge >= 0.3 is 0 Å². The molecule has 0 aliphatic heterocycles. The van der Waals surface area contributed by atoms with Crippen LogP contribution >= 0.6 is 11.5 Å². The van der Waals surface area contributed by atoms with Crippen molar-refractivity contribution >= 4 is 16.7 Å². The van der Waals surface area contributed by atoms with Crippen LogP contribution in [0.25, 0.3) is 0 Å². The van der Waals surface area contributed by atoms with Gasteiger partial charge in [-0.2, -0.15) is 4.37 Å². The van der Waals surface area contributed by atoms with E-state index in [1.54, 1.807) is 0 Å². The third-order valence-electron chi connectivity index (χ3n) is 1.84. The molecule has 1 unspecified atom stereocenters. The normalized spacial score (nSPS) is 12.8. The van der Waals surface area contributed by atoms with Gasteiger partial charge in [0.25, 0.3) is 0 Å². The third kappa shape index (κ3) is 3.69. The first-order chi connectivity index (χ1) is 6.22. The Morgan fingerprint density at radius 2 is 2.38 bits per heavy atom. The lowest BCUT2D eigenvalue weighted by atomic mass is 10.2. The van der Waals surface area contributed by atoms with Gasteiger partial charge < -0.3 is 11.1 Å². The van der Waals surface area contributed by atoms with Crippen LogP contribution in [0.2, 0.25) is 0 Å². The smallest absolute Gasteiger partial charge is 0.202 e. The summed E-state index contributed by atoms with van der Waals surface area (Å²) in [5.74, 6) is 0.826. The lowest BCUT2D eigenvalue weighted by molar-refractivity contribution is 0.613. The summed E-state index contributed by atoms with van der Waals surface area (Å²) < 4.78 is 4.07. The predicted molar refractivity (Wildman–Crippen MR) is 56.0 cm³/mol. The van der Waals surface area contributed by atoms with E-state index in [0.29, 0.717) is 6.04 Å². The van der Waals surface area contributed by atoms with Crippen LogP contribution < -0.4 is 11.1 Å². The van der Waals surface area contributed by atoms with E-state index < -0.39 is 0 Å². The minimum Gasteiger partial charge on any atom is -0.360 e. The summed E-state index contributed by atoms with van der Waals surface area (Å²) in [5.41, 5.74) is 5.77. The Bertz CT molecular complexity index is 248. The second-order valence-electron chi connectivity index (χ2n) is 3.03. The van der Waals surface area contributed by atoms with E-state index in [1.165, 1.54) is 11.5 Å². The molecule has 0 aliphatic rings. The van der Waals surface area contributed by atoms with E-state index in [1.807, 2.05) is 6.92 Å². The summed E-state index contributed by atoms with van der Waals surface area (Å²) in [7, 11) is 0. The monoisotopic (exact) mass is 200 g/mol. The summed E-state index contributed by atoms with van der Waals surface area (Å²) in [6.07, 6.45) is 2.01. The molecule has 0 radical (unpaired) electrons. The maximum atomic E-state index is 5.77. The Morgan fingerprint density at radius 1 is 1.62 bits per heavy atom. The van der Waals surface area contributed by atoms with Crippen LogP contribution in [0, 0.1) is 6.92 Å². The predicted octanol–water partition coefficient (Wildman–Crippen LogP) is 1.39. The van der Waals surface area contributed by atoms with Crippen LogP contribution in [0.1, 0.15) is 25.6 Å². The molecule has 1 heterocycles. The van der Waals surface area contributed by atoms with Crippen LogP contribution in [0.15, 0.2) is 0 Å². The fourth-order valence-electron chi connectivity index (χ4n) is 0.937. The third-order valence-corrected chi connectivity index (χ3v) is 2.61. The molecule has 1 atom stereocenters. The van der Waals surface area contributed by atoms with Gasteiger partial charge in [-0.3, -0.25) is 0 Å². The maximum Gasteiger partial charge on any atom is 0.202 e. The highest BCUT2D eigenvalue weighted by Gasteiger charge is 2.01. The second-order valence-corrected chi connectivity index (χ2v) is 3.78. The lowest BCUT2D eigenvalue weighted by Gasteiger charge is -2.07. The molecule has 4 nitrogen and oxygen atoms in total. The van der Waals surface area contributed by atoms with Gasteiger partial charge in [-0.25, -0.2) is 4.98 Å². The fourth-order valence-corrected chi connectivity index (χ4v) is 1.54. The molecular weight excluding hydrogens is 184 g/mol. The minimum atomic E-state index is 0.293. The summed E-state index contributed by atoms with van der Waals surface area (Å²) in [5, 5.41) is 4.09. The van der Waals surface area contributed by atoms with Gasteiger partial charge in [-0.1, -0.05) is 6.92 Å². The van der Waals surface area contributed by atoms with Crippen LogP contribution in [0.5, 0.6) is 0 Å². The number of nitrogens with two attached hydrogens (primary N) is 1. The molecule has 0 bridgehead atoms. The van der Waals surface area contributed by atoms with Crippen molar-refractivity contribution < 1.29 is 0 Å². The number of nitrogens with one attached hydrogen (secondary N) is 1. The zero-order valence-electron chi connectivity index (χ0n) is 8.08. The molecule has 0 saturated carbocycles. The average Bonchev–Trinajstić information content (AvgIpc) is 2.51. The van der Waals surface area contributed by atoms with Gasteiger partial charge in [-0.15, -0.1) is 0 Å². The Hall–Kier alpha value is -0.680. The standard InChI is InChI=1S/C8H16N4S/c1-3-7(9)4-5-10-8-11-6(2)12-13-8/h7H,3-5,9H2,1-2H3,(H,10,11,12). The Labute approximate surface area is 82.7 Å². The van der Waals surface area contributed by atoms with Gasteiger partial charge in [0, 0.05) is 24.1 Å². The molecular formula is C8H16N4S. The number of hydrogen-bond donors (Lipinski definition) is 2. The first-order valence-corrected chi connectivity index (χ1v) is 5.29. The Morgan fingerprint density at radius 3 is 2.92 bits per heavy atom. The molecule has 0 saturated heterocycles. The molecule has 13 heavy (non-hydrogen) atoms. The molecule has 3 N–H and O–H groups in total. The summed E-state index contributed by atoms with van der Waals surface area (Å²) in [6.45, 7) is 4.86. The molecule has 74 valence electrons. The van der Waals surface area contributed by atoms with Crippen molar-refractivity contribution in [1.82, 2.24) is 9.36 Å². The molecule has 1 rings (SSSR count). The quantitative estimate of drug-likeness (QED) is 0.754. The lowest BCUT2D eigenvalue weighted by Crippen LogP contribution is -2.22. The molecule has 0 fully saturated rings. The highest BCUT2D eigenvalue weighted by molar-refractivity contribution is 7.09. The highest BCUT2D eigenvalue weighted by Crippen LogP contribution is 2.09. The summed E-state index contributed by atoms with van der Waals surface area (Å²) in [6, 6.07) is 0.293. The van der Waals surface area contributed by atoms with Gasteiger partial charge in [0.2, 0.25) is 5.13 Å². The topological polar surface area (TPSA) is 63.8 Å². The van der Waals surface area contributed by atoms with E-state index in [9.17, 15) is 0 Å². The number of anilines is 1. The highest BCUT2D eigenvalue weighted by atomic mass is 32.1. The van der Waals surface area contributed by atoms with Gasteiger partial charge in [0.1, 0.15) is 5.82 Å². The molecule has 0 aliphatic carbocycles. The van der Waals surface area contributed by atoms with Crippen molar-refractivity contribution in [2.75, 3.05) is 11.9 Å². The van der Waals surface area contributed by atoms with Crippen LogP contribution in [0.4, 0.5) is 5.13 Å². The van der Waals surface area contributed by atoms with Crippen molar-refractivity contribution in [3.8, 4) is 0 Å². The molecule has 1 aromatic rings. The molecule has 5 heteroatoms. The van der Waals surface area contributed by atoms with Crippen molar-refractivity contribution in [3.63, 3.8) is 0 Å². The van der Waals surface area contributed by atoms with Crippen LogP contribution in [0.3, 0.4) is 0 Å².